The van der Waals surface area contributed by atoms with Crippen molar-refractivity contribution in [1.29, 1.82) is 0 Å². The summed E-state index contributed by atoms with van der Waals surface area (Å²) in [5.74, 6) is 0.857. The van der Waals surface area contributed by atoms with Crippen LogP contribution < -0.4 is 5.73 Å². The molecule has 2 aliphatic rings. The summed E-state index contributed by atoms with van der Waals surface area (Å²) < 4.78 is 0. The molecule has 21 heavy (non-hydrogen) atoms. The largest absolute Gasteiger partial charge is 0.339 e. The Balaban J connectivity index is 1.67. The first-order valence-corrected chi connectivity index (χ1v) is 8.19. The van der Waals surface area contributed by atoms with Crippen LogP contribution in [0.2, 0.25) is 0 Å². The van der Waals surface area contributed by atoms with Crippen molar-refractivity contribution in [2.45, 2.75) is 6.92 Å². The highest BCUT2D eigenvalue weighted by Crippen LogP contribution is 2.07. The van der Waals surface area contributed by atoms with Crippen molar-refractivity contribution in [3.8, 4) is 0 Å². The molecule has 1 amide bonds. The standard InChI is InChI=1S/C15H31N5O/c1-14(11-16)12-18-5-7-19(8-6-18)13-15(21)20-9-3-17(2)4-10-20/h14H,3-13,16H2,1-2H3. The van der Waals surface area contributed by atoms with E-state index in [4.69, 9.17) is 5.73 Å². The molecule has 2 fully saturated rings. The molecule has 0 aromatic rings. The second-order valence-corrected chi connectivity index (χ2v) is 6.60. The number of carbonyl (C=O) groups excluding carboxylic acids is 1. The van der Waals surface area contributed by atoms with Crippen LogP contribution in [0.5, 0.6) is 0 Å². The average Bonchev–Trinajstić information content (AvgIpc) is 2.49. The van der Waals surface area contributed by atoms with E-state index in [1.807, 2.05) is 4.90 Å². The number of hydrogen-bond acceptors (Lipinski definition) is 5. The molecule has 2 saturated heterocycles. The number of nitrogens with zero attached hydrogens (tertiary/aromatic N) is 4. The van der Waals surface area contributed by atoms with Gasteiger partial charge in [0, 0.05) is 58.9 Å². The van der Waals surface area contributed by atoms with Crippen LogP contribution in [0.15, 0.2) is 0 Å². The van der Waals surface area contributed by atoms with Crippen LogP contribution in [-0.4, -0.2) is 105 Å². The zero-order chi connectivity index (χ0) is 15.2. The molecule has 2 rings (SSSR count). The molecular formula is C15H31N5O. The second kappa shape index (κ2) is 8.08. The molecule has 6 nitrogen and oxygen atoms in total. The third-order valence-electron chi connectivity index (χ3n) is 4.65. The Morgan fingerprint density at radius 3 is 2.14 bits per heavy atom. The molecule has 0 aromatic heterocycles. The molecule has 0 saturated carbocycles. The minimum Gasteiger partial charge on any atom is -0.339 e. The minimum atomic E-state index is 0.298. The summed E-state index contributed by atoms with van der Waals surface area (Å²) >= 11 is 0. The summed E-state index contributed by atoms with van der Waals surface area (Å²) in [5, 5.41) is 0. The first kappa shape index (κ1) is 16.7. The van der Waals surface area contributed by atoms with Crippen molar-refractivity contribution in [2.75, 3.05) is 79.0 Å². The van der Waals surface area contributed by atoms with Crippen molar-refractivity contribution in [3.63, 3.8) is 0 Å². The maximum absolute atomic E-state index is 12.3. The summed E-state index contributed by atoms with van der Waals surface area (Å²) in [6, 6.07) is 0. The lowest BCUT2D eigenvalue weighted by Gasteiger charge is -2.37. The summed E-state index contributed by atoms with van der Waals surface area (Å²) in [6.45, 7) is 12.5. The molecular weight excluding hydrogens is 266 g/mol. The van der Waals surface area contributed by atoms with Crippen LogP contribution in [0.25, 0.3) is 0 Å². The van der Waals surface area contributed by atoms with Gasteiger partial charge in [0.25, 0.3) is 0 Å². The lowest BCUT2D eigenvalue weighted by molar-refractivity contribution is -0.134. The number of likely N-dealkylation sites (N-methyl/N-ethyl adjacent to an activating group) is 1. The number of amides is 1. The summed E-state index contributed by atoms with van der Waals surface area (Å²) in [5.41, 5.74) is 5.68. The first-order chi connectivity index (χ1) is 10.1. The van der Waals surface area contributed by atoms with Gasteiger partial charge in [-0.15, -0.1) is 0 Å². The maximum Gasteiger partial charge on any atom is 0.236 e. The molecule has 1 unspecified atom stereocenters. The van der Waals surface area contributed by atoms with Gasteiger partial charge < -0.3 is 20.4 Å². The Morgan fingerprint density at radius 1 is 1.00 bits per heavy atom. The molecule has 6 heteroatoms. The van der Waals surface area contributed by atoms with Gasteiger partial charge in [-0.25, -0.2) is 0 Å². The molecule has 1 atom stereocenters. The number of hydrogen-bond donors (Lipinski definition) is 1. The van der Waals surface area contributed by atoms with E-state index >= 15 is 0 Å². The van der Waals surface area contributed by atoms with Gasteiger partial charge in [-0.1, -0.05) is 6.92 Å². The van der Waals surface area contributed by atoms with E-state index in [0.29, 0.717) is 18.4 Å². The van der Waals surface area contributed by atoms with Crippen molar-refractivity contribution in [3.05, 3.63) is 0 Å². The van der Waals surface area contributed by atoms with Crippen molar-refractivity contribution < 1.29 is 4.79 Å². The first-order valence-electron chi connectivity index (χ1n) is 8.19. The molecule has 0 bridgehead atoms. The zero-order valence-corrected chi connectivity index (χ0v) is 13.6. The van der Waals surface area contributed by atoms with E-state index in [1.54, 1.807) is 0 Å². The van der Waals surface area contributed by atoms with Crippen LogP contribution in [0, 0.1) is 5.92 Å². The third kappa shape index (κ3) is 5.21. The van der Waals surface area contributed by atoms with E-state index in [0.717, 1.165) is 65.4 Å². The normalized spacial score (nSPS) is 24.2. The van der Waals surface area contributed by atoms with Crippen LogP contribution in [-0.2, 0) is 4.79 Å². The van der Waals surface area contributed by atoms with E-state index < -0.39 is 0 Å². The molecule has 0 aromatic carbocycles. The lowest BCUT2D eigenvalue weighted by atomic mass is 10.1. The van der Waals surface area contributed by atoms with Crippen LogP contribution in [0.1, 0.15) is 6.92 Å². The Hall–Kier alpha value is -0.690. The molecule has 0 radical (unpaired) electrons. The van der Waals surface area contributed by atoms with E-state index in [2.05, 4.69) is 28.7 Å². The fourth-order valence-corrected chi connectivity index (χ4v) is 2.99. The molecule has 2 aliphatic heterocycles. The number of nitrogens with two attached hydrogens (primary N) is 1. The monoisotopic (exact) mass is 297 g/mol. The van der Waals surface area contributed by atoms with Gasteiger partial charge in [0.2, 0.25) is 5.91 Å². The highest BCUT2D eigenvalue weighted by Gasteiger charge is 2.24. The highest BCUT2D eigenvalue weighted by molar-refractivity contribution is 5.78. The Kier molecular flexibility index (Phi) is 6.41. The van der Waals surface area contributed by atoms with Gasteiger partial charge in [0.05, 0.1) is 6.54 Å². The Bertz CT molecular complexity index is 322. The van der Waals surface area contributed by atoms with Gasteiger partial charge in [-0.2, -0.15) is 0 Å². The van der Waals surface area contributed by atoms with Gasteiger partial charge in [0.1, 0.15) is 0 Å². The van der Waals surface area contributed by atoms with E-state index in [9.17, 15) is 4.79 Å². The predicted octanol–water partition coefficient (Wildman–Crippen LogP) is -1.03. The summed E-state index contributed by atoms with van der Waals surface area (Å²) in [4.78, 5) is 21.4. The average molecular weight is 297 g/mol. The van der Waals surface area contributed by atoms with Crippen LogP contribution in [0.3, 0.4) is 0 Å². The quantitative estimate of drug-likeness (QED) is 0.703. The molecule has 2 N–H and O–H groups in total. The minimum absolute atomic E-state index is 0.298. The number of piperazine rings is 2. The third-order valence-corrected chi connectivity index (χ3v) is 4.65. The molecule has 0 spiro atoms. The summed E-state index contributed by atoms with van der Waals surface area (Å²) in [6.07, 6.45) is 0. The van der Waals surface area contributed by atoms with Gasteiger partial charge in [0.15, 0.2) is 0 Å². The smallest absolute Gasteiger partial charge is 0.236 e. The zero-order valence-electron chi connectivity index (χ0n) is 13.6. The van der Waals surface area contributed by atoms with Crippen LogP contribution >= 0.6 is 0 Å². The van der Waals surface area contributed by atoms with Crippen LogP contribution in [0.4, 0.5) is 0 Å². The Morgan fingerprint density at radius 2 is 1.57 bits per heavy atom. The van der Waals surface area contributed by atoms with Crippen molar-refractivity contribution in [1.82, 2.24) is 19.6 Å². The van der Waals surface area contributed by atoms with Gasteiger partial charge >= 0.3 is 0 Å². The number of carbonyl (C=O) groups is 1. The summed E-state index contributed by atoms with van der Waals surface area (Å²) in [7, 11) is 2.11. The fraction of sp³-hybridized carbons (Fsp3) is 0.933. The SMILES string of the molecule is CC(CN)CN1CCN(CC(=O)N2CCN(C)CC2)CC1. The van der Waals surface area contributed by atoms with Crippen molar-refractivity contribution >= 4 is 5.91 Å². The van der Waals surface area contributed by atoms with Crippen molar-refractivity contribution in [2.24, 2.45) is 11.7 Å². The lowest BCUT2D eigenvalue weighted by Crippen LogP contribution is -2.53. The number of rotatable bonds is 5. The fourth-order valence-electron chi connectivity index (χ4n) is 2.99. The van der Waals surface area contributed by atoms with Gasteiger partial charge in [-0.3, -0.25) is 9.69 Å². The molecule has 0 aliphatic carbocycles. The second-order valence-electron chi connectivity index (χ2n) is 6.60. The van der Waals surface area contributed by atoms with E-state index in [1.165, 1.54) is 0 Å². The molecule has 2 heterocycles. The predicted molar refractivity (Wildman–Crippen MR) is 85.2 cm³/mol. The van der Waals surface area contributed by atoms with E-state index in [-0.39, 0.29) is 0 Å². The Labute approximate surface area is 128 Å². The topological polar surface area (TPSA) is 56.1 Å². The molecule has 122 valence electrons. The van der Waals surface area contributed by atoms with Gasteiger partial charge in [-0.05, 0) is 19.5 Å². The maximum atomic E-state index is 12.3. The highest BCUT2D eigenvalue weighted by atomic mass is 16.2.